The van der Waals surface area contributed by atoms with E-state index in [-0.39, 0.29) is 16.2 Å². The maximum atomic E-state index is 4.41. The van der Waals surface area contributed by atoms with Gasteiger partial charge >= 0.3 is 0 Å². The molecule has 0 amide bonds. The molecule has 6 aliphatic heterocycles. The molecule has 0 saturated carbocycles. The molecule has 0 spiro atoms. The van der Waals surface area contributed by atoms with Gasteiger partial charge in [-0.2, -0.15) is 0 Å². The number of anilines is 6. The minimum Gasteiger partial charge on any atom is -0.309 e. The molecule has 0 radical (unpaired) electrons. The van der Waals surface area contributed by atoms with Crippen molar-refractivity contribution in [3.8, 4) is 11.1 Å². The summed E-state index contributed by atoms with van der Waals surface area (Å²) in [6.45, 7) is 27.9. The van der Waals surface area contributed by atoms with Crippen LogP contribution in [0.3, 0.4) is 0 Å². The Morgan fingerprint density at radius 2 is 0.559 bits per heavy atom. The van der Waals surface area contributed by atoms with Crippen LogP contribution in [-0.4, -0.2) is 0 Å². The molecule has 6 aromatic carbocycles. The highest BCUT2D eigenvalue weighted by atomic mass is 15.2. The van der Waals surface area contributed by atoms with Gasteiger partial charge in [0.15, 0.2) is 0 Å². The second kappa shape index (κ2) is 11.3. The lowest BCUT2D eigenvalue weighted by molar-refractivity contribution is 0.587. The minimum absolute atomic E-state index is 0.0740. The normalized spacial score (nSPS) is 15.9. The third kappa shape index (κ3) is 4.98. The number of nitrogens with zero attached hydrogens (tertiary/aromatic N) is 2. The maximum Gasteiger partial charge on any atom is 0.0533 e. The van der Waals surface area contributed by atoms with E-state index in [9.17, 15) is 0 Å². The van der Waals surface area contributed by atoms with Gasteiger partial charge < -0.3 is 9.80 Å². The van der Waals surface area contributed by atoms with Crippen LogP contribution in [0.4, 0.5) is 34.1 Å². The lowest BCUT2D eigenvalue weighted by Gasteiger charge is -2.46. The maximum absolute atomic E-state index is 4.41. The van der Waals surface area contributed by atoms with Gasteiger partial charge in [0.1, 0.15) is 0 Å². The van der Waals surface area contributed by atoms with E-state index in [1.807, 2.05) is 0 Å². The van der Waals surface area contributed by atoms with Crippen molar-refractivity contribution in [2.75, 3.05) is 9.80 Å². The Morgan fingerprint density at radius 1 is 0.356 bits per heavy atom. The SMILES string of the molecule is C=C(C)c1cc2c3c(c1)Cc1cc(C(C)(C)C)cc4c1N3c1c(cc(-c3cc5c6c(c3)Cc3cc(C(C)(C)C)cc7c3N6c3c(cc(C(C)(C)C)cc3C7)C5)cc1C4)C2. The first-order valence-electron chi connectivity index (χ1n) is 22.1. The predicted molar refractivity (Wildman–Crippen MR) is 249 cm³/mol. The zero-order valence-electron chi connectivity index (χ0n) is 36.8. The molecule has 294 valence electrons. The predicted octanol–water partition coefficient (Wildman–Crippen LogP) is 14.6. The Labute approximate surface area is 351 Å². The lowest BCUT2D eigenvalue weighted by Crippen LogP contribution is -2.31. The Bertz CT molecular complexity index is 2870. The first kappa shape index (κ1) is 35.6. The van der Waals surface area contributed by atoms with Gasteiger partial charge in [0, 0.05) is 38.5 Å². The highest BCUT2D eigenvalue weighted by molar-refractivity contribution is 5.98. The quantitative estimate of drug-likeness (QED) is 0.173. The molecule has 2 nitrogen and oxygen atoms in total. The molecule has 59 heavy (non-hydrogen) atoms. The molecule has 0 fully saturated rings. The topological polar surface area (TPSA) is 6.48 Å². The van der Waals surface area contributed by atoms with E-state index < -0.39 is 0 Å². The summed E-state index contributed by atoms with van der Waals surface area (Å²) < 4.78 is 0. The summed E-state index contributed by atoms with van der Waals surface area (Å²) >= 11 is 0. The first-order valence-corrected chi connectivity index (χ1v) is 22.1. The Kier molecular flexibility index (Phi) is 6.80. The summed E-state index contributed by atoms with van der Waals surface area (Å²) in [5, 5.41) is 0. The Morgan fingerprint density at radius 3 is 0.763 bits per heavy atom. The van der Waals surface area contributed by atoms with Crippen molar-refractivity contribution >= 4 is 39.7 Å². The number of rotatable bonds is 2. The van der Waals surface area contributed by atoms with Gasteiger partial charge in [0.05, 0.1) is 34.1 Å². The van der Waals surface area contributed by atoms with E-state index in [2.05, 4.69) is 158 Å². The van der Waals surface area contributed by atoms with Crippen molar-refractivity contribution in [1.29, 1.82) is 0 Å². The van der Waals surface area contributed by atoms with Gasteiger partial charge in [-0.3, -0.25) is 0 Å². The van der Waals surface area contributed by atoms with Gasteiger partial charge in [-0.15, -0.1) is 0 Å². The van der Waals surface area contributed by atoms with E-state index in [0.717, 1.165) is 44.1 Å². The van der Waals surface area contributed by atoms with Crippen LogP contribution < -0.4 is 9.80 Å². The molecule has 6 aliphatic rings. The molecule has 0 saturated heterocycles. The van der Waals surface area contributed by atoms with Crippen LogP contribution in [0.5, 0.6) is 0 Å². The monoisotopic (exact) mass is 768 g/mol. The Hall–Kier alpha value is -5.34. The van der Waals surface area contributed by atoms with Gasteiger partial charge in [-0.1, -0.05) is 111 Å². The zero-order chi connectivity index (χ0) is 40.8. The van der Waals surface area contributed by atoms with Crippen LogP contribution in [0, 0.1) is 0 Å². The fourth-order valence-corrected chi connectivity index (χ4v) is 11.7. The number of benzene rings is 6. The average Bonchev–Trinajstić information content (AvgIpc) is 3.15. The highest BCUT2D eigenvalue weighted by Gasteiger charge is 2.41. The summed E-state index contributed by atoms with van der Waals surface area (Å²) in [7, 11) is 0. The molecule has 0 aromatic heterocycles. The molecular formula is C57H56N2. The second-order valence-electron chi connectivity index (χ2n) is 22.1. The largest absolute Gasteiger partial charge is 0.309 e. The molecule has 0 bridgehead atoms. The molecule has 12 rings (SSSR count). The van der Waals surface area contributed by atoms with E-state index >= 15 is 0 Å². The summed E-state index contributed by atoms with van der Waals surface area (Å²) in [4.78, 5) is 5.39. The average molecular weight is 769 g/mol. The Balaban J connectivity index is 1.07. The molecule has 6 heterocycles. The van der Waals surface area contributed by atoms with Crippen LogP contribution in [0.1, 0.15) is 158 Å². The summed E-state index contributed by atoms with van der Waals surface area (Å²) in [6, 6.07) is 30.4. The number of allylic oxidation sites excluding steroid dienone is 1. The minimum atomic E-state index is 0.0740. The lowest BCUT2D eigenvalue weighted by atomic mass is 9.74. The second-order valence-corrected chi connectivity index (χ2v) is 22.1. The van der Waals surface area contributed by atoms with Crippen LogP contribution in [0.2, 0.25) is 0 Å². The van der Waals surface area contributed by atoms with Crippen molar-refractivity contribution in [3.05, 3.63) is 168 Å². The molecular weight excluding hydrogens is 713 g/mol. The van der Waals surface area contributed by atoms with Crippen LogP contribution in [-0.2, 0) is 54.8 Å². The van der Waals surface area contributed by atoms with Gasteiger partial charge in [0.2, 0.25) is 0 Å². The molecule has 0 N–H and O–H groups in total. The zero-order valence-corrected chi connectivity index (χ0v) is 36.8. The molecule has 2 heteroatoms. The van der Waals surface area contributed by atoms with E-state index in [0.29, 0.717) is 0 Å². The fourth-order valence-electron chi connectivity index (χ4n) is 11.7. The summed E-state index contributed by atoms with van der Waals surface area (Å²) in [6.07, 6.45) is 5.85. The smallest absolute Gasteiger partial charge is 0.0533 e. The number of hydrogen-bond acceptors (Lipinski definition) is 2. The van der Waals surface area contributed by atoms with E-state index in [4.69, 9.17) is 0 Å². The third-order valence-electron chi connectivity index (χ3n) is 14.7. The fraction of sp³-hybridized carbons (Fsp3) is 0.333. The van der Waals surface area contributed by atoms with Crippen molar-refractivity contribution in [2.45, 2.75) is 124 Å². The van der Waals surface area contributed by atoms with Crippen LogP contribution in [0.15, 0.2) is 79.4 Å². The van der Waals surface area contributed by atoms with Gasteiger partial charge in [-0.25, -0.2) is 0 Å². The van der Waals surface area contributed by atoms with Crippen LogP contribution in [0.25, 0.3) is 16.7 Å². The first-order chi connectivity index (χ1) is 27.9. The summed E-state index contributed by atoms with van der Waals surface area (Å²) in [5.74, 6) is 0. The standard InChI is InChI=1S/C57H56N2/c1-30(2)31-12-34-18-36-14-32(15-37-20-41-25-46(55(3,4)5)24-40-19-35(13-31)49(34)58(50(36)37)52(40)41)33-16-38-21-42-26-47(56(6,7)8)28-44-23-45-29-48(57(9,10)11)27-43-22-39(17-33)51(38)59(53(42)44)54(43)45/h12-17,24-29H,1,18-23H2,2-11H3. The van der Waals surface area contributed by atoms with E-state index in [1.165, 1.54) is 134 Å². The van der Waals surface area contributed by atoms with Crippen molar-refractivity contribution < 1.29 is 0 Å². The molecule has 6 aromatic rings. The van der Waals surface area contributed by atoms with Crippen molar-refractivity contribution in [2.24, 2.45) is 0 Å². The van der Waals surface area contributed by atoms with Gasteiger partial charge in [-0.05, 0) is 160 Å². The third-order valence-corrected chi connectivity index (χ3v) is 14.7. The molecule has 0 aliphatic carbocycles. The van der Waals surface area contributed by atoms with Crippen molar-refractivity contribution in [3.63, 3.8) is 0 Å². The van der Waals surface area contributed by atoms with Crippen molar-refractivity contribution in [1.82, 2.24) is 0 Å². The summed E-state index contributed by atoms with van der Waals surface area (Å²) in [5.41, 5.74) is 35.9. The van der Waals surface area contributed by atoms with Gasteiger partial charge in [0.25, 0.3) is 0 Å². The molecule has 0 atom stereocenters. The molecule has 0 unspecified atom stereocenters. The number of hydrogen-bond donors (Lipinski definition) is 0. The van der Waals surface area contributed by atoms with E-state index in [1.54, 1.807) is 0 Å². The highest BCUT2D eigenvalue weighted by Crippen LogP contribution is 2.60. The van der Waals surface area contributed by atoms with Crippen LogP contribution >= 0.6 is 0 Å².